The number of fused-ring (bicyclic) bond motifs is 1. The predicted octanol–water partition coefficient (Wildman–Crippen LogP) is 2.70. The lowest BCUT2D eigenvalue weighted by molar-refractivity contribution is 0.102. The number of amides is 1. The van der Waals surface area contributed by atoms with Gasteiger partial charge in [0.05, 0.1) is 17.2 Å². The number of rotatable bonds is 4. The van der Waals surface area contributed by atoms with Crippen molar-refractivity contribution in [3.63, 3.8) is 0 Å². The first-order valence-electron chi connectivity index (χ1n) is 7.76. The minimum atomic E-state index is -0.318. The third-order valence-corrected chi connectivity index (χ3v) is 3.54. The summed E-state index contributed by atoms with van der Waals surface area (Å²) in [7, 11) is 0. The second kappa shape index (κ2) is 6.62. The summed E-state index contributed by atoms with van der Waals surface area (Å²) in [4.78, 5) is 33.1. The Morgan fingerprint density at radius 1 is 1.21 bits per heavy atom. The SMILES string of the molecule is CC(C)Cn1cnc2ccc(NC(=O)c3ccccn3)cc2c1=O. The minimum absolute atomic E-state index is 0.109. The summed E-state index contributed by atoms with van der Waals surface area (Å²) in [6, 6.07) is 10.2. The summed E-state index contributed by atoms with van der Waals surface area (Å²) >= 11 is 0. The van der Waals surface area contributed by atoms with Gasteiger partial charge in [-0.25, -0.2) is 4.98 Å². The van der Waals surface area contributed by atoms with Crippen molar-refractivity contribution in [2.24, 2.45) is 5.92 Å². The van der Waals surface area contributed by atoms with E-state index in [9.17, 15) is 9.59 Å². The molecule has 6 nitrogen and oxygen atoms in total. The van der Waals surface area contributed by atoms with Gasteiger partial charge in [-0.3, -0.25) is 19.1 Å². The summed E-state index contributed by atoms with van der Waals surface area (Å²) < 4.78 is 1.59. The molecule has 0 aliphatic rings. The maximum Gasteiger partial charge on any atom is 0.274 e. The molecule has 3 aromatic rings. The van der Waals surface area contributed by atoms with Crippen LogP contribution in [0.5, 0.6) is 0 Å². The van der Waals surface area contributed by atoms with Crippen molar-refractivity contribution < 1.29 is 4.79 Å². The van der Waals surface area contributed by atoms with Crippen molar-refractivity contribution in [1.82, 2.24) is 14.5 Å². The third kappa shape index (κ3) is 3.32. The Morgan fingerprint density at radius 2 is 2.04 bits per heavy atom. The van der Waals surface area contributed by atoms with E-state index in [0.29, 0.717) is 34.7 Å². The number of benzene rings is 1. The molecule has 6 heteroatoms. The lowest BCUT2D eigenvalue weighted by Gasteiger charge is -2.10. The van der Waals surface area contributed by atoms with Crippen molar-refractivity contribution in [3.05, 3.63) is 65.0 Å². The highest BCUT2D eigenvalue weighted by atomic mass is 16.2. The quantitative estimate of drug-likeness (QED) is 0.801. The molecule has 0 unspecified atom stereocenters. The van der Waals surface area contributed by atoms with Crippen LogP contribution in [0.4, 0.5) is 5.69 Å². The molecule has 1 amide bonds. The van der Waals surface area contributed by atoms with Gasteiger partial charge in [-0.1, -0.05) is 19.9 Å². The Morgan fingerprint density at radius 3 is 2.75 bits per heavy atom. The molecule has 0 saturated carbocycles. The van der Waals surface area contributed by atoms with Gasteiger partial charge < -0.3 is 5.32 Å². The van der Waals surface area contributed by atoms with Gasteiger partial charge in [-0.15, -0.1) is 0 Å². The molecular formula is C18H18N4O2. The van der Waals surface area contributed by atoms with E-state index in [1.165, 1.54) is 0 Å². The molecule has 0 fully saturated rings. The van der Waals surface area contributed by atoms with E-state index in [1.54, 1.807) is 53.5 Å². The van der Waals surface area contributed by atoms with Gasteiger partial charge >= 0.3 is 0 Å². The third-order valence-electron chi connectivity index (χ3n) is 3.54. The lowest BCUT2D eigenvalue weighted by Crippen LogP contribution is -2.23. The number of carbonyl (C=O) groups excluding carboxylic acids is 1. The van der Waals surface area contributed by atoms with E-state index < -0.39 is 0 Å². The van der Waals surface area contributed by atoms with E-state index >= 15 is 0 Å². The molecular weight excluding hydrogens is 304 g/mol. The molecule has 0 radical (unpaired) electrons. The Labute approximate surface area is 139 Å². The number of hydrogen-bond donors (Lipinski definition) is 1. The molecule has 0 aliphatic heterocycles. The van der Waals surface area contributed by atoms with Crippen LogP contribution in [0.15, 0.2) is 53.7 Å². The summed E-state index contributed by atoms with van der Waals surface area (Å²) in [5.74, 6) is 0.0235. The Hall–Kier alpha value is -3.02. The molecule has 0 saturated heterocycles. The van der Waals surface area contributed by atoms with Crippen LogP contribution in [0.1, 0.15) is 24.3 Å². The van der Waals surface area contributed by atoms with Gasteiger partial charge in [-0.05, 0) is 36.2 Å². The van der Waals surface area contributed by atoms with E-state index in [-0.39, 0.29) is 11.5 Å². The fourth-order valence-corrected chi connectivity index (χ4v) is 2.45. The van der Waals surface area contributed by atoms with Crippen LogP contribution >= 0.6 is 0 Å². The topological polar surface area (TPSA) is 76.9 Å². The van der Waals surface area contributed by atoms with E-state index in [1.807, 2.05) is 13.8 Å². The molecule has 3 rings (SSSR count). The van der Waals surface area contributed by atoms with Crippen LogP contribution in [0.3, 0.4) is 0 Å². The number of hydrogen-bond acceptors (Lipinski definition) is 4. The first-order valence-corrected chi connectivity index (χ1v) is 7.76. The molecule has 2 aromatic heterocycles. The monoisotopic (exact) mass is 322 g/mol. The van der Waals surface area contributed by atoms with Crippen LogP contribution < -0.4 is 10.9 Å². The standard InChI is InChI=1S/C18H18N4O2/c1-12(2)10-22-11-20-15-7-6-13(9-14(15)18(22)24)21-17(23)16-5-3-4-8-19-16/h3-9,11-12H,10H2,1-2H3,(H,21,23). The first kappa shape index (κ1) is 15.9. The highest BCUT2D eigenvalue weighted by Gasteiger charge is 2.10. The zero-order valence-corrected chi connectivity index (χ0v) is 13.6. The number of anilines is 1. The molecule has 0 atom stereocenters. The van der Waals surface area contributed by atoms with Crippen LogP contribution in [0.2, 0.25) is 0 Å². The van der Waals surface area contributed by atoms with Crippen LogP contribution in [0, 0.1) is 5.92 Å². The number of nitrogens with zero attached hydrogens (tertiary/aromatic N) is 3. The summed E-state index contributed by atoms with van der Waals surface area (Å²) in [6.07, 6.45) is 3.13. The number of carbonyl (C=O) groups is 1. The largest absolute Gasteiger partial charge is 0.321 e. The summed E-state index contributed by atoms with van der Waals surface area (Å²) in [6.45, 7) is 4.69. The van der Waals surface area contributed by atoms with Gasteiger partial charge in [0.15, 0.2) is 0 Å². The van der Waals surface area contributed by atoms with Crippen molar-refractivity contribution in [1.29, 1.82) is 0 Å². The molecule has 24 heavy (non-hydrogen) atoms. The van der Waals surface area contributed by atoms with E-state index in [4.69, 9.17) is 0 Å². The molecule has 0 spiro atoms. The Bertz CT molecular complexity index is 933. The Balaban J connectivity index is 1.94. The molecule has 0 bridgehead atoms. The summed E-state index contributed by atoms with van der Waals surface area (Å²) in [5, 5.41) is 3.24. The molecule has 1 N–H and O–H groups in total. The number of pyridine rings is 1. The van der Waals surface area contributed by atoms with Crippen LogP contribution in [0.25, 0.3) is 10.9 Å². The molecule has 1 aromatic carbocycles. The maximum atomic E-state index is 12.6. The average molecular weight is 322 g/mol. The second-order valence-electron chi connectivity index (χ2n) is 6.00. The van der Waals surface area contributed by atoms with Gasteiger partial charge in [-0.2, -0.15) is 0 Å². The van der Waals surface area contributed by atoms with Crippen LogP contribution in [-0.2, 0) is 6.54 Å². The minimum Gasteiger partial charge on any atom is -0.321 e. The van der Waals surface area contributed by atoms with Gasteiger partial charge in [0.1, 0.15) is 5.69 Å². The molecule has 2 heterocycles. The number of aromatic nitrogens is 3. The van der Waals surface area contributed by atoms with Gasteiger partial charge in [0.25, 0.3) is 11.5 Å². The fourth-order valence-electron chi connectivity index (χ4n) is 2.45. The maximum absolute atomic E-state index is 12.6. The number of nitrogens with one attached hydrogen (secondary N) is 1. The smallest absolute Gasteiger partial charge is 0.274 e. The fraction of sp³-hybridized carbons (Fsp3) is 0.222. The highest BCUT2D eigenvalue weighted by Crippen LogP contribution is 2.15. The van der Waals surface area contributed by atoms with Crippen molar-refractivity contribution >= 4 is 22.5 Å². The normalized spacial score (nSPS) is 11.0. The van der Waals surface area contributed by atoms with E-state index in [2.05, 4.69) is 15.3 Å². The highest BCUT2D eigenvalue weighted by molar-refractivity contribution is 6.03. The second-order valence-corrected chi connectivity index (χ2v) is 6.00. The van der Waals surface area contributed by atoms with Gasteiger partial charge in [0.2, 0.25) is 0 Å². The van der Waals surface area contributed by atoms with Crippen LogP contribution in [-0.4, -0.2) is 20.4 Å². The Kier molecular flexibility index (Phi) is 4.37. The molecule has 122 valence electrons. The average Bonchev–Trinajstić information content (AvgIpc) is 2.58. The molecule has 0 aliphatic carbocycles. The first-order chi connectivity index (χ1) is 11.5. The zero-order chi connectivity index (χ0) is 17.1. The lowest BCUT2D eigenvalue weighted by atomic mass is 10.2. The summed E-state index contributed by atoms with van der Waals surface area (Å²) in [5.41, 5.74) is 1.36. The predicted molar refractivity (Wildman–Crippen MR) is 93.0 cm³/mol. The van der Waals surface area contributed by atoms with Gasteiger partial charge in [0, 0.05) is 18.4 Å². The zero-order valence-electron chi connectivity index (χ0n) is 13.6. The van der Waals surface area contributed by atoms with Crippen molar-refractivity contribution in [2.75, 3.05) is 5.32 Å². The van der Waals surface area contributed by atoms with Crippen molar-refractivity contribution in [2.45, 2.75) is 20.4 Å². The van der Waals surface area contributed by atoms with E-state index in [0.717, 1.165) is 0 Å². The van der Waals surface area contributed by atoms with Crippen molar-refractivity contribution in [3.8, 4) is 0 Å².